The second kappa shape index (κ2) is 6.02. The Balaban J connectivity index is 1.80. The molecule has 0 fully saturated rings. The Kier molecular flexibility index (Phi) is 4.66. The molecule has 0 saturated heterocycles. The van der Waals surface area contributed by atoms with Gasteiger partial charge in [-0.05, 0) is 29.7 Å². The van der Waals surface area contributed by atoms with Crippen molar-refractivity contribution in [1.82, 2.24) is 0 Å². The molecule has 0 spiro atoms. The van der Waals surface area contributed by atoms with Crippen LogP contribution in [0.2, 0.25) is 0 Å². The first kappa shape index (κ1) is 12.4. The average molecular weight is 252 g/mol. The molecule has 0 radical (unpaired) electrons. The lowest BCUT2D eigenvalue weighted by atomic mass is 10.0. The van der Waals surface area contributed by atoms with E-state index in [4.69, 9.17) is 0 Å². The van der Waals surface area contributed by atoms with E-state index in [9.17, 15) is 0 Å². The topological polar surface area (TPSA) is 0 Å². The first-order chi connectivity index (χ1) is 7.77. The SMILES string of the molecule is CC(C)CCSCC1CSc2ccccc21. The van der Waals surface area contributed by atoms with E-state index in [1.165, 1.54) is 28.6 Å². The molecule has 1 aliphatic rings. The van der Waals surface area contributed by atoms with Gasteiger partial charge in [0.2, 0.25) is 0 Å². The molecule has 88 valence electrons. The van der Waals surface area contributed by atoms with Crippen molar-refractivity contribution >= 4 is 23.5 Å². The lowest BCUT2D eigenvalue weighted by Crippen LogP contribution is -2.01. The fourth-order valence-corrected chi connectivity index (χ4v) is 4.70. The van der Waals surface area contributed by atoms with Crippen LogP contribution in [-0.4, -0.2) is 17.3 Å². The summed E-state index contributed by atoms with van der Waals surface area (Å²) in [5.41, 5.74) is 1.59. The first-order valence-corrected chi connectivity index (χ1v) is 8.21. The number of rotatable bonds is 5. The Labute approximate surface area is 108 Å². The summed E-state index contributed by atoms with van der Waals surface area (Å²) in [6.07, 6.45) is 1.35. The molecule has 2 rings (SSSR count). The van der Waals surface area contributed by atoms with E-state index < -0.39 is 0 Å². The molecule has 16 heavy (non-hydrogen) atoms. The van der Waals surface area contributed by atoms with Gasteiger partial charge in [-0.1, -0.05) is 32.0 Å². The minimum atomic E-state index is 0.790. The fourth-order valence-electron chi connectivity index (χ4n) is 1.91. The Hall–Kier alpha value is -0.0800. The standard InChI is InChI=1S/C14H20S2/c1-11(2)7-8-15-9-12-10-16-14-6-4-3-5-13(12)14/h3-6,11-12H,7-10H2,1-2H3. The Morgan fingerprint density at radius 3 is 3.00 bits per heavy atom. The van der Waals surface area contributed by atoms with Gasteiger partial charge in [0.05, 0.1) is 0 Å². The number of fused-ring (bicyclic) bond motifs is 1. The lowest BCUT2D eigenvalue weighted by molar-refractivity contribution is 0.631. The third-order valence-electron chi connectivity index (χ3n) is 2.96. The van der Waals surface area contributed by atoms with Crippen molar-refractivity contribution in [3.8, 4) is 0 Å². The van der Waals surface area contributed by atoms with Gasteiger partial charge in [-0.15, -0.1) is 11.8 Å². The zero-order chi connectivity index (χ0) is 11.4. The second-order valence-electron chi connectivity index (χ2n) is 4.80. The maximum absolute atomic E-state index is 2.31. The van der Waals surface area contributed by atoms with Crippen LogP contribution in [0.3, 0.4) is 0 Å². The van der Waals surface area contributed by atoms with Gasteiger partial charge in [0.15, 0.2) is 0 Å². The van der Waals surface area contributed by atoms with Crippen molar-refractivity contribution in [3.05, 3.63) is 29.8 Å². The van der Waals surface area contributed by atoms with E-state index in [-0.39, 0.29) is 0 Å². The van der Waals surface area contributed by atoms with E-state index >= 15 is 0 Å². The zero-order valence-corrected chi connectivity index (χ0v) is 11.7. The maximum Gasteiger partial charge on any atom is 0.0108 e. The zero-order valence-electron chi connectivity index (χ0n) is 10.1. The maximum atomic E-state index is 2.31. The van der Waals surface area contributed by atoms with Crippen LogP contribution >= 0.6 is 23.5 Å². The predicted octanol–water partition coefficient (Wildman–Crippen LogP) is 4.66. The fraction of sp³-hybridized carbons (Fsp3) is 0.571. The molecular weight excluding hydrogens is 232 g/mol. The number of hydrogen-bond donors (Lipinski definition) is 0. The molecule has 1 atom stereocenters. The number of hydrogen-bond acceptors (Lipinski definition) is 2. The van der Waals surface area contributed by atoms with Crippen LogP contribution in [-0.2, 0) is 0 Å². The summed E-state index contributed by atoms with van der Waals surface area (Å²) in [6.45, 7) is 4.61. The molecule has 0 nitrogen and oxygen atoms in total. The van der Waals surface area contributed by atoms with Crippen molar-refractivity contribution in [2.24, 2.45) is 5.92 Å². The third-order valence-corrected chi connectivity index (χ3v) is 5.37. The molecule has 2 heteroatoms. The van der Waals surface area contributed by atoms with Crippen molar-refractivity contribution in [2.75, 3.05) is 17.3 Å². The van der Waals surface area contributed by atoms with Crippen LogP contribution in [0.15, 0.2) is 29.2 Å². The molecular formula is C14H20S2. The highest BCUT2D eigenvalue weighted by molar-refractivity contribution is 8.00. The predicted molar refractivity (Wildman–Crippen MR) is 76.7 cm³/mol. The van der Waals surface area contributed by atoms with Crippen LogP contribution in [0, 0.1) is 5.92 Å². The summed E-state index contributed by atoms with van der Waals surface area (Å²) in [4.78, 5) is 1.51. The summed E-state index contributed by atoms with van der Waals surface area (Å²) in [5.74, 6) is 5.54. The van der Waals surface area contributed by atoms with Crippen LogP contribution in [0.5, 0.6) is 0 Å². The molecule has 1 aromatic rings. The summed E-state index contributed by atoms with van der Waals surface area (Å²) in [5, 5.41) is 0. The van der Waals surface area contributed by atoms with Gasteiger partial charge in [0.25, 0.3) is 0 Å². The van der Waals surface area contributed by atoms with Crippen LogP contribution in [0.25, 0.3) is 0 Å². The Bertz CT molecular complexity index is 333. The highest BCUT2D eigenvalue weighted by Crippen LogP contribution is 2.40. The number of thioether (sulfide) groups is 2. The normalized spacial score (nSPS) is 19.1. The van der Waals surface area contributed by atoms with Crippen molar-refractivity contribution in [3.63, 3.8) is 0 Å². The summed E-state index contributed by atoms with van der Waals surface area (Å²) < 4.78 is 0. The lowest BCUT2D eigenvalue weighted by Gasteiger charge is -2.10. The molecule has 1 aliphatic heterocycles. The van der Waals surface area contributed by atoms with Gasteiger partial charge >= 0.3 is 0 Å². The minimum absolute atomic E-state index is 0.790. The molecule has 0 amide bonds. The largest absolute Gasteiger partial charge is 0.161 e. The molecule has 1 aromatic carbocycles. The van der Waals surface area contributed by atoms with Gasteiger partial charge in [0.1, 0.15) is 0 Å². The van der Waals surface area contributed by atoms with E-state index in [0.717, 1.165) is 11.8 Å². The summed E-state index contributed by atoms with van der Waals surface area (Å²) >= 11 is 4.16. The molecule has 0 aliphatic carbocycles. The monoisotopic (exact) mass is 252 g/mol. The van der Waals surface area contributed by atoms with Crippen molar-refractivity contribution in [1.29, 1.82) is 0 Å². The van der Waals surface area contributed by atoms with Crippen LogP contribution < -0.4 is 0 Å². The van der Waals surface area contributed by atoms with Gasteiger partial charge in [-0.25, -0.2) is 0 Å². The third kappa shape index (κ3) is 3.21. The van der Waals surface area contributed by atoms with E-state index in [0.29, 0.717) is 0 Å². The van der Waals surface area contributed by atoms with E-state index in [1.807, 2.05) is 11.8 Å². The minimum Gasteiger partial charge on any atom is -0.161 e. The average Bonchev–Trinajstić information content (AvgIpc) is 2.68. The Morgan fingerprint density at radius 2 is 2.19 bits per heavy atom. The van der Waals surface area contributed by atoms with E-state index in [2.05, 4.69) is 49.9 Å². The quantitative estimate of drug-likeness (QED) is 0.699. The van der Waals surface area contributed by atoms with Gasteiger partial charge in [-0.2, -0.15) is 11.8 Å². The molecule has 1 heterocycles. The highest BCUT2D eigenvalue weighted by atomic mass is 32.2. The van der Waals surface area contributed by atoms with Gasteiger partial charge in [0, 0.05) is 22.3 Å². The number of benzene rings is 1. The second-order valence-corrected chi connectivity index (χ2v) is 7.01. The van der Waals surface area contributed by atoms with Crippen LogP contribution in [0.4, 0.5) is 0 Å². The molecule has 0 saturated carbocycles. The van der Waals surface area contributed by atoms with Gasteiger partial charge in [-0.3, -0.25) is 0 Å². The van der Waals surface area contributed by atoms with Gasteiger partial charge < -0.3 is 0 Å². The highest BCUT2D eigenvalue weighted by Gasteiger charge is 2.22. The molecule has 1 unspecified atom stereocenters. The van der Waals surface area contributed by atoms with E-state index in [1.54, 1.807) is 5.56 Å². The van der Waals surface area contributed by atoms with Crippen molar-refractivity contribution in [2.45, 2.75) is 31.1 Å². The molecule has 0 aromatic heterocycles. The Morgan fingerprint density at radius 1 is 1.38 bits per heavy atom. The molecule has 0 bridgehead atoms. The summed E-state index contributed by atoms with van der Waals surface area (Å²) in [7, 11) is 0. The molecule has 0 N–H and O–H groups in total. The van der Waals surface area contributed by atoms with Crippen LogP contribution in [0.1, 0.15) is 31.7 Å². The van der Waals surface area contributed by atoms with Crippen molar-refractivity contribution < 1.29 is 0 Å². The first-order valence-electron chi connectivity index (χ1n) is 6.07. The summed E-state index contributed by atoms with van der Waals surface area (Å²) in [6, 6.07) is 8.90. The smallest absolute Gasteiger partial charge is 0.0108 e.